The number of halogens is 3. The molecule has 0 aliphatic heterocycles. The van der Waals surface area contributed by atoms with Gasteiger partial charge in [-0.05, 0) is 66.9 Å². The molecule has 2 nitrogen and oxygen atoms in total. The van der Waals surface area contributed by atoms with Gasteiger partial charge < -0.3 is 9.73 Å². The first kappa shape index (κ1) is 15.0. The van der Waals surface area contributed by atoms with Gasteiger partial charge in [-0.3, -0.25) is 0 Å². The predicted octanol–water partition coefficient (Wildman–Crippen LogP) is 4.49. The van der Waals surface area contributed by atoms with E-state index < -0.39 is 11.6 Å². The predicted molar refractivity (Wildman–Crippen MR) is 74.8 cm³/mol. The van der Waals surface area contributed by atoms with Crippen molar-refractivity contribution in [1.29, 1.82) is 0 Å². The zero-order chi connectivity index (χ0) is 14.5. The summed E-state index contributed by atoms with van der Waals surface area (Å²) < 4.78 is 32.3. The lowest BCUT2D eigenvalue weighted by Crippen LogP contribution is -2.24. The van der Waals surface area contributed by atoms with E-state index >= 15 is 0 Å². The highest BCUT2D eigenvalue weighted by molar-refractivity contribution is 6.28. The van der Waals surface area contributed by atoms with E-state index in [4.69, 9.17) is 16.0 Å². The fourth-order valence-corrected chi connectivity index (χ4v) is 2.18. The normalized spacial score (nSPS) is 12.6. The molecule has 5 heteroatoms. The van der Waals surface area contributed by atoms with Gasteiger partial charge in [0, 0.05) is 0 Å². The van der Waals surface area contributed by atoms with E-state index in [0.29, 0.717) is 17.7 Å². The van der Waals surface area contributed by atoms with Crippen molar-refractivity contribution in [2.45, 2.75) is 25.8 Å². The Balaban J connectivity index is 2.21. The summed E-state index contributed by atoms with van der Waals surface area (Å²) in [5, 5.41) is 3.53. The summed E-state index contributed by atoms with van der Waals surface area (Å²) in [5.41, 5.74) is 0.311. The molecule has 1 N–H and O–H groups in total. The maximum absolute atomic E-state index is 13.7. The van der Waals surface area contributed by atoms with Crippen LogP contribution in [0.3, 0.4) is 0 Å². The molecular weight excluding hydrogens is 284 g/mol. The Bertz CT molecular complexity index is 571. The zero-order valence-electron chi connectivity index (χ0n) is 11.1. The molecular formula is C15H16ClF2NO. The quantitative estimate of drug-likeness (QED) is 0.850. The van der Waals surface area contributed by atoms with Gasteiger partial charge in [-0.25, -0.2) is 8.78 Å². The second-order valence-corrected chi connectivity index (χ2v) is 4.96. The summed E-state index contributed by atoms with van der Waals surface area (Å²) >= 11 is 5.77. The van der Waals surface area contributed by atoms with E-state index in [1.807, 2.05) is 6.92 Å². The van der Waals surface area contributed by atoms with Crippen LogP contribution in [0.5, 0.6) is 0 Å². The molecule has 1 aromatic heterocycles. The molecule has 0 bridgehead atoms. The third-order valence-electron chi connectivity index (χ3n) is 3.01. The third-order valence-corrected chi connectivity index (χ3v) is 3.21. The number of furan rings is 1. The number of hydrogen-bond donors (Lipinski definition) is 1. The first-order valence-electron chi connectivity index (χ1n) is 6.52. The highest BCUT2D eigenvalue weighted by Gasteiger charge is 2.17. The maximum atomic E-state index is 13.7. The van der Waals surface area contributed by atoms with E-state index in [-0.39, 0.29) is 11.3 Å². The first-order valence-corrected chi connectivity index (χ1v) is 6.90. The van der Waals surface area contributed by atoms with Crippen molar-refractivity contribution in [3.05, 3.63) is 58.5 Å². The summed E-state index contributed by atoms with van der Waals surface area (Å²) in [6.45, 7) is 2.78. The van der Waals surface area contributed by atoms with Gasteiger partial charge in [0.25, 0.3) is 0 Å². The van der Waals surface area contributed by atoms with Gasteiger partial charge >= 0.3 is 0 Å². The fraction of sp³-hybridized carbons (Fsp3) is 0.333. The molecule has 1 heterocycles. The van der Waals surface area contributed by atoms with Crippen LogP contribution in [-0.2, 0) is 6.42 Å². The van der Waals surface area contributed by atoms with E-state index in [1.165, 1.54) is 6.07 Å². The number of benzene rings is 1. The lowest BCUT2D eigenvalue weighted by Gasteiger charge is -2.16. The number of rotatable bonds is 6. The molecule has 0 fully saturated rings. The third kappa shape index (κ3) is 3.81. The Labute approximate surface area is 121 Å². The molecule has 0 aliphatic rings. The van der Waals surface area contributed by atoms with Crippen molar-refractivity contribution in [3.63, 3.8) is 0 Å². The number of nitrogens with one attached hydrogen (secondary N) is 1. The lowest BCUT2D eigenvalue weighted by atomic mass is 10.0. The molecule has 20 heavy (non-hydrogen) atoms. The summed E-state index contributed by atoms with van der Waals surface area (Å²) in [6.07, 6.45) is 1.23. The molecule has 2 rings (SSSR count). The molecule has 108 valence electrons. The molecule has 0 saturated carbocycles. The SMILES string of the molecule is CCCNC(Cc1cc(F)ccc1F)c1ccc(Cl)o1. The van der Waals surface area contributed by atoms with Gasteiger partial charge in [0.2, 0.25) is 0 Å². The minimum Gasteiger partial charge on any atom is -0.448 e. The van der Waals surface area contributed by atoms with Crippen LogP contribution in [0.25, 0.3) is 0 Å². The van der Waals surface area contributed by atoms with Gasteiger partial charge in [0.15, 0.2) is 5.22 Å². The van der Waals surface area contributed by atoms with E-state index in [2.05, 4.69) is 5.32 Å². The molecule has 0 spiro atoms. The highest BCUT2D eigenvalue weighted by Crippen LogP contribution is 2.24. The molecule has 0 saturated heterocycles. The summed E-state index contributed by atoms with van der Waals surface area (Å²) in [4.78, 5) is 0. The van der Waals surface area contributed by atoms with Crippen molar-refractivity contribution in [3.8, 4) is 0 Å². The van der Waals surface area contributed by atoms with Gasteiger partial charge in [-0.15, -0.1) is 0 Å². The van der Waals surface area contributed by atoms with Crippen LogP contribution >= 0.6 is 11.6 Å². The molecule has 1 unspecified atom stereocenters. The number of hydrogen-bond acceptors (Lipinski definition) is 2. The van der Waals surface area contributed by atoms with Crippen LogP contribution in [0, 0.1) is 11.6 Å². The Morgan fingerprint density at radius 2 is 2.05 bits per heavy atom. The molecule has 1 aromatic carbocycles. The van der Waals surface area contributed by atoms with Crippen molar-refractivity contribution in [2.75, 3.05) is 6.54 Å². The second kappa shape index (κ2) is 6.86. The summed E-state index contributed by atoms with van der Waals surface area (Å²) in [6, 6.07) is 6.60. The molecule has 0 aliphatic carbocycles. The Morgan fingerprint density at radius 3 is 2.70 bits per heavy atom. The van der Waals surface area contributed by atoms with Crippen molar-refractivity contribution in [1.82, 2.24) is 5.32 Å². The molecule has 0 radical (unpaired) electrons. The first-order chi connectivity index (χ1) is 9.60. The van der Waals surface area contributed by atoms with Crippen molar-refractivity contribution in [2.24, 2.45) is 0 Å². The van der Waals surface area contributed by atoms with Crippen molar-refractivity contribution < 1.29 is 13.2 Å². The Morgan fingerprint density at radius 1 is 1.25 bits per heavy atom. The summed E-state index contributed by atoms with van der Waals surface area (Å²) in [5.74, 6) is -0.257. The van der Waals surface area contributed by atoms with Crippen LogP contribution in [0.1, 0.15) is 30.7 Å². The topological polar surface area (TPSA) is 25.2 Å². The highest BCUT2D eigenvalue weighted by atomic mass is 35.5. The fourth-order valence-electron chi connectivity index (χ4n) is 2.03. The van der Waals surface area contributed by atoms with E-state index in [1.54, 1.807) is 12.1 Å². The van der Waals surface area contributed by atoms with Crippen LogP contribution in [-0.4, -0.2) is 6.54 Å². The Hall–Kier alpha value is -1.39. The van der Waals surface area contributed by atoms with Gasteiger partial charge in [0.05, 0.1) is 6.04 Å². The molecule has 2 aromatic rings. The average Bonchev–Trinajstić information content (AvgIpc) is 2.85. The van der Waals surface area contributed by atoms with Crippen LogP contribution in [0.15, 0.2) is 34.7 Å². The van der Waals surface area contributed by atoms with E-state index in [0.717, 1.165) is 25.1 Å². The van der Waals surface area contributed by atoms with Crippen LogP contribution in [0.2, 0.25) is 5.22 Å². The molecule has 1 atom stereocenters. The van der Waals surface area contributed by atoms with Gasteiger partial charge in [-0.2, -0.15) is 0 Å². The minimum atomic E-state index is -0.451. The van der Waals surface area contributed by atoms with Crippen molar-refractivity contribution >= 4 is 11.6 Å². The molecule has 0 amide bonds. The standard InChI is InChI=1S/C15H16ClF2NO/c1-2-7-19-13(14-5-6-15(16)20-14)9-10-8-11(17)3-4-12(10)18/h3-6,8,13,19H,2,7,9H2,1H3. The van der Waals surface area contributed by atoms with Gasteiger partial charge in [0.1, 0.15) is 17.4 Å². The van der Waals surface area contributed by atoms with E-state index in [9.17, 15) is 8.78 Å². The van der Waals surface area contributed by atoms with Crippen LogP contribution < -0.4 is 5.32 Å². The zero-order valence-corrected chi connectivity index (χ0v) is 11.9. The van der Waals surface area contributed by atoms with Crippen LogP contribution in [0.4, 0.5) is 8.78 Å². The summed E-state index contributed by atoms with van der Waals surface area (Å²) in [7, 11) is 0. The monoisotopic (exact) mass is 299 g/mol. The largest absolute Gasteiger partial charge is 0.448 e. The maximum Gasteiger partial charge on any atom is 0.193 e. The smallest absolute Gasteiger partial charge is 0.193 e. The Kier molecular flexibility index (Phi) is 5.15. The van der Waals surface area contributed by atoms with Gasteiger partial charge in [-0.1, -0.05) is 6.92 Å². The lowest BCUT2D eigenvalue weighted by molar-refractivity contribution is 0.407. The average molecular weight is 300 g/mol. The minimum absolute atomic E-state index is 0.237. The second-order valence-electron chi connectivity index (χ2n) is 4.59.